The van der Waals surface area contributed by atoms with Crippen molar-refractivity contribution >= 4 is 23.4 Å². The maximum atomic E-state index is 11.8. The molecule has 1 saturated heterocycles. The molecule has 1 aliphatic heterocycles. The van der Waals surface area contributed by atoms with E-state index in [4.69, 9.17) is 5.73 Å². The summed E-state index contributed by atoms with van der Waals surface area (Å²) in [4.78, 5) is 35.7. The van der Waals surface area contributed by atoms with Crippen LogP contribution in [0.3, 0.4) is 0 Å². The van der Waals surface area contributed by atoms with Crippen LogP contribution < -0.4 is 11.1 Å². The Morgan fingerprint density at radius 2 is 1.84 bits per heavy atom. The number of likely N-dealkylation sites (tertiary alicyclic amines) is 1. The van der Waals surface area contributed by atoms with Gasteiger partial charge >= 0.3 is 0 Å². The number of rotatable bonds is 4. The summed E-state index contributed by atoms with van der Waals surface area (Å²) < 4.78 is 0. The third-order valence-electron chi connectivity index (χ3n) is 2.98. The molecule has 0 aliphatic carbocycles. The smallest absolute Gasteiger partial charge is 0.253 e. The summed E-state index contributed by atoms with van der Waals surface area (Å²) in [5, 5.41) is 2.64. The number of nitrogens with one attached hydrogen (secondary N) is 1. The molecule has 0 atom stereocenters. The number of nitrogens with two attached hydrogens (primary N) is 1. The Morgan fingerprint density at radius 1 is 1.21 bits per heavy atom. The molecule has 0 radical (unpaired) electrons. The molecule has 1 aromatic rings. The number of nitrogens with zero attached hydrogens (tertiary/aromatic N) is 1. The molecule has 3 amide bonds. The second kappa shape index (κ2) is 5.51. The maximum Gasteiger partial charge on any atom is 0.253 e. The number of carbonyl (C=O) groups is 3. The SMILES string of the molecule is Nc1ccccc1C(=O)NCCN1C(=O)CCC1=O. The fraction of sp³-hybridized carbons (Fsp3) is 0.308. The summed E-state index contributed by atoms with van der Waals surface area (Å²) in [6.07, 6.45) is 0.525. The average molecular weight is 261 g/mol. The quantitative estimate of drug-likeness (QED) is 0.596. The lowest BCUT2D eigenvalue weighted by atomic mass is 10.1. The minimum Gasteiger partial charge on any atom is -0.398 e. The highest BCUT2D eigenvalue weighted by atomic mass is 16.2. The number of hydrogen-bond donors (Lipinski definition) is 2. The molecule has 2 rings (SSSR count). The van der Waals surface area contributed by atoms with E-state index in [-0.39, 0.29) is 43.7 Å². The first-order chi connectivity index (χ1) is 9.09. The predicted octanol–water partition coefficient (Wildman–Crippen LogP) is 0.148. The van der Waals surface area contributed by atoms with Gasteiger partial charge in [-0.3, -0.25) is 19.3 Å². The Morgan fingerprint density at radius 3 is 2.47 bits per heavy atom. The van der Waals surface area contributed by atoms with Gasteiger partial charge in [-0.2, -0.15) is 0 Å². The van der Waals surface area contributed by atoms with Crippen molar-refractivity contribution in [2.45, 2.75) is 12.8 Å². The molecule has 1 fully saturated rings. The summed E-state index contributed by atoms with van der Waals surface area (Å²) in [6.45, 7) is 0.431. The number of anilines is 1. The zero-order valence-corrected chi connectivity index (χ0v) is 10.4. The number of para-hydroxylation sites is 1. The van der Waals surface area contributed by atoms with E-state index in [1.807, 2.05) is 0 Å². The van der Waals surface area contributed by atoms with Crippen LogP contribution in [-0.4, -0.2) is 35.7 Å². The first-order valence-corrected chi connectivity index (χ1v) is 6.05. The number of nitrogen functional groups attached to an aromatic ring is 1. The zero-order chi connectivity index (χ0) is 13.8. The average Bonchev–Trinajstić information content (AvgIpc) is 2.70. The van der Waals surface area contributed by atoms with Gasteiger partial charge < -0.3 is 11.1 Å². The minimum atomic E-state index is -0.308. The van der Waals surface area contributed by atoms with E-state index < -0.39 is 0 Å². The number of benzene rings is 1. The molecule has 100 valence electrons. The molecule has 1 aliphatic rings. The molecule has 0 unspecified atom stereocenters. The lowest BCUT2D eigenvalue weighted by Gasteiger charge is -2.14. The maximum absolute atomic E-state index is 11.8. The summed E-state index contributed by atoms with van der Waals surface area (Å²) >= 11 is 0. The summed E-state index contributed by atoms with van der Waals surface area (Å²) in [6, 6.07) is 6.73. The monoisotopic (exact) mass is 261 g/mol. The highest BCUT2D eigenvalue weighted by Gasteiger charge is 2.28. The molecular weight excluding hydrogens is 246 g/mol. The van der Waals surface area contributed by atoms with Gasteiger partial charge in [0.05, 0.1) is 5.56 Å². The third-order valence-corrected chi connectivity index (χ3v) is 2.98. The Balaban J connectivity index is 1.86. The van der Waals surface area contributed by atoms with Crippen LogP contribution in [0.4, 0.5) is 5.69 Å². The van der Waals surface area contributed by atoms with Crippen molar-refractivity contribution in [2.75, 3.05) is 18.8 Å². The number of amides is 3. The molecule has 1 heterocycles. The molecule has 0 bridgehead atoms. The Hall–Kier alpha value is -2.37. The van der Waals surface area contributed by atoms with Crippen LogP contribution >= 0.6 is 0 Å². The van der Waals surface area contributed by atoms with E-state index in [1.54, 1.807) is 24.3 Å². The summed E-state index contributed by atoms with van der Waals surface area (Å²) in [7, 11) is 0. The van der Waals surface area contributed by atoms with E-state index in [9.17, 15) is 14.4 Å². The molecule has 0 saturated carbocycles. The van der Waals surface area contributed by atoms with Crippen LogP contribution in [0, 0.1) is 0 Å². The first-order valence-electron chi connectivity index (χ1n) is 6.05. The van der Waals surface area contributed by atoms with E-state index in [0.29, 0.717) is 11.3 Å². The molecule has 6 heteroatoms. The topological polar surface area (TPSA) is 92.5 Å². The van der Waals surface area contributed by atoms with Crippen molar-refractivity contribution in [1.29, 1.82) is 0 Å². The van der Waals surface area contributed by atoms with Gasteiger partial charge in [0, 0.05) is 31.6 Å². The van der Waals surface area contributed by atoms with Crippen molar-refractivity contribution in [3.05, 3.63) is 29.8 Å². The third kappa shape index (κ3) is 2.90. The number of imide groups is 1. The van der Waals surface area contributed by atoms with Crippen LogP contribution in [0.1, 0.15) is 23.2 Å². The Bertz CT molecular complexity index is 512. The fourth-order valence-electron chi connectivity index (χ4n) is 1.95. The van der Waals surface area contributed by atoms with Crippen molar-refractivity contribution in [1.82, 2.24) is 10.2 Å². The van der Waals surface area contributed by atoms with E-state index in [1.165, 1.54) is 4.90 Å². The van der Waals surface area contributed by atoms with Crippen LogP contribution in [0.15, 0.2) is 24.3 Å². The van der Waals surface area contributed by atoms with E-state index in [0.717, 1.165) is 0 Å². The lowest BCUT2D eigenvalue weighted by molar-refractivity contribution is -0.138. The van der Waals surface area contributed by atoms with E-state index >= 15 is 0 Å². The molecule has 0 aromatic heterocycles. The van der Waals surface area contributed by atoms with Gasteiger partial charge in [0.2, 0.25) is 11.8 Å². The van der Waals surface area contributed by atoms with Gasteiger partial charge in [0.25, 0.3) is 5.91 Å². The van der Waals surface area contributed by atoms with Gasteiger partial charge in [-0.25, -0.2) is 0 Å². The predicted molar refractivity (Wildman–Crippen MR) is 69.1 cm³/mol. The van der Waals surface area contributed by atoms with Crippen molar-refractivity contribution in [3.63, 3.8) is 0 Å². The Kier molecular flexibility index (Phi) is 3.79. The van der Waals surface area contributed by atoms with Crippen LogP contribution in [0.2, 0.25) is 0 Å². The largest absolute Gasteiger partial charge is 0.398 e. The number of carbonyl (C=O) groups excluding carboxylic acids is 3. The summed E-state index contributed by atoms with van der Waals surface area (Å²) in [5.41, 5.74) is 6.47. The lowest BCUT2D eigenvalue weighted by Crippen LogP contribution is -2.37. The van der Waals surface area contributed by atoms with Crippen molar-refractivity contribution in [2.24, 2.45) is 0 Å². The Labute approximate surface area is 110 Å². The zero-order valence-electron chi connectivity index (χ0n) is 10.4. The van der Waals surface area contributed by atoms with Gasteiger partial charge in [-0.15, -0.1) is 0 Å². The van der Waals surface area contributed by atoms with Crippen molar-refractivity contribution < 1.29 is 14.4 Å². The van der Waals surface area contributed by atoms with Gasteiger partial charge in [-0.1, -0.05) is 12.1 Å². The minimum absolute atomic E-state index is 0.182. The number of hydrogen-bond acceptors (Lipinski definition) is 4. The normalized spacial score (nSPS) is 14.8. The highest BCUT2D eigenvalue weighted by Crippen LogP contribution is 2.11. The molecule has 19 heavy (non-hydrogen) atoms. The molecule has 1 aromatic carbocycles. The van der Waals surface area contributed by atoms with Gasteiger partial charge in [0.1, 0.15) is 0 Å². The second-order valence-corrected chi connectivity index (χ2v) is 4.28. The standard InChI is InChI=1S/C13H15N3O3/c14-10-4-2-1-3-9(10)13(19)15-7-8-16-11(17)5-6-12(16)18/h1-4H,5-8,14H2,(H,15,19). The van der Waals surface area contributed by atoms with Crippen molar-refractivity contribution in [3.8, 4) is 0 Å². The molecule has 6 nitrogen and oxygen atoms in total. The highest BCUT2D eigenvalue weighted by molar-refractivity contribution is 6.02. The van der Waals surface area contributed by atoms with Gasteiger partial charge in [0.15, 0.2) is 0 Å². The van der Waals surface area contributed by atoms with E-state index in [2.05, 4.69) is 5.32 Å². The van der Waals surface area contributed by atoms with Crippen LogP contribution in [0.25, 0.3) is 0 Å². The van der Waals surface area contributed by atoms with Crippen LogP contribution in [0.5, 0.6) is 0 Å². The molecule has 0 spiro atoms. The second-order valence-electron chi connectivity index (χ2n) is 4.28. The molecule has 3 N–H and O–H groups in total. The van der Waals surface area contributed by atoms with Gasteiger partial charge in [-0.05, 0) is 12.1 Å². The fourth-order valence-corrected chi connectivity index (χ4v) is 1.95. The molecular formula is C13H15N3O3. The summed E-state index contributed by atoms with van der Waals surface area (Å²) in [5.74, 6) is -0.672. The van der Waals surface area contributed by atoms with Crippen LogP contribution in [-0.2, 0) is 9.59 Å². The first kappa shape index (κ1) is 13.1.